The Bertz CT molecular complexity index is 299. The third-order valence-electron chi connectivity index (χ3n) is 1.75. The number of thioether (sulfide) groups is 1. The molecule has 0 spiro atoms. The molecule has 0 aliphatic rings. The zero-order valence-electron chi connectivity index (χ0n) is 7.77. The molecule has 1 amide bonds. The van der Waals surface area contributed by atoms with Gasteiger partial charge in [-0.05, 0) is 13.3 Å². The van der Waals surface area contributed by atoms with E-state index in [1.165, 1.54) is 23.1 Å². The monoisotopic (exact) mass is 232 g/mol. The predicted molar refractivity (Wildman–Crippen MR) is 57.0 cm³/mol. The molecule has 0 radical (unpaired) electrons. The van der Waals surface area contributed by atoms with Gasteiger partial charge in [-0.1, -0.05) is 23.1 Å². The van der Waals surface area contributed by atoms with Gasteiger partial charge < -0.3 is 11.5 Å². The summed E-state index contributed by atoms with van der Waals surface area (Å²) in [4.78, 5) is 10.9. The Morgan fingerprint density at radius 2 is 2.50 bits per heavy atom. The molecule has 0 saturated heterocycles. The molecule has 1 heterocycles. The van der Waals surface area contributed by atoms with E-state index < -0.39 is 11.4 Å². The highest BCUT2D eigenvalue weighted by Gasteiger charge is 2.24. The third-order valence-corrected chi connectivity index (χ3v) is 3.61. The average molecular weight is 232 g/mol. The van der Waals surface area contributed by atoms with Crippen molar-refractivity contribution < 1.29 is 4.79 Å². The summed E-state index contributed by atoms with van der Waals surface area (Å²) in [5.74, 6) is 0.237. The van der Waals surface area contributed by atoms with E-state index in [1.54, 1.807) is 12.4 Å². The van der Waals surface area contributed by atoms with Crippen LogP contribution in [0.5, 0.6) is 0 Å². The number of primary amides is 1. The van der Waals surface area contributed by atoms with E-state index >= 15 is 0 Å². The van der Waals surface area contributed by atoms with Crippen molar-refractivity contribution in [1.82, 2.24) is 10.2 Å². The van der Waals surface area contributed by atoms with Gasteiger partial charge in [0.25, 0.3) is 0 Å². The van der Waals surface area contributed by atoms with Crippen LogP contribution < -0.4 is 11.5 Å². The van der Waals surface area contributed by atoms with Gasteiger partial charge in [-0.2, -0.15) is 0 Å². The fourth-order valence-corrected chi connectivity index (χ4v) is 2.43. The first kappa shape index (κ1) is 11.4. The average Bonchev–Trinajstić information content (AvgIpc) is 2.56. The minimum atomic E-state index is -0.933. The van der Waals surface area contributed by atoms with Crippen molar-refractivity contribution in [2.45, 2.75) is 23.2 Å². The van der Waals surface area contributed by atoms with E-state index in [9.17, 15) is 4.79 Å². The van der Waals surface area contributed by atoms with Crippen LogP contribution in [0.25, 0.3) is 0 Å². The Balaban J connectivity index is 2.31. The lowest BCUT2D eigenvalue weighted by Gasteiger charge is -2.19. The van der Waals surface area contributed by atoms with Crippen molar-refractivity contribution in [2.24, 2.45) is 11.5 Å². The largest absolute Gasteiger partial charge is 0.368 e. The van der Waals surface area contributed by atoms with Crippen molar-refractivity contribution >= 4 is 29.0 Å². The predicted octanol–water partition coefficient (Wildman–Crippen LogP) is 0.223. The highest BCUT2D eigenvalue weighted by molar-refractivity contribution is 8.00. The summed E-state index contributed by atoms with van der Waals surface area (Å²) in [7, 11) is 0. The van der Waals surface area contributed by atoms with Gasteiger partial charge in [-0.3, -0.25) is 4.79 Å². The molecule has 14 heavy (non-hydrogen) atoms. The van der Waals surface area contributed by atoms with E-state index in [2.05, 4.69) is 10.2 Å². The molecule has 1 aromatic heterocycles. The summed E-state index contributed by atoms with van der Waals surface area (Å²) in [6.07, 6.45) is 0.534. The highest BCUT2D eigenvalue weighted by atomic mass is 32.2. The van der Waals surface area contributed by atoms with Crippen LogP contribution in [0.3, 0.4) is 0 Å². The van der Waals surface area contributed by atoms with Crippen LogP contribution in [0.15, 0.2) is 9.85 Å². The molecule has 1 rings (SSSR count). The topological polar surface area (TPSA) is 94.9 Å². The van der Waals surface area contributed by atoms with E-state index in [0.29, 0.717) is 12.2 Å². The molecular weight excluding hydrogens is 220 g/mol. The number of hydrogen-bond acceptors (Lipinski definition) is 6. The maximum atomic E-state index is 10.9. The first-order valence-corrected chi connectivity index (χ1v) is 5.86. The maximum Gasteiger partial charge on any atom is 0.237 e. The van der Waals surface area contributed by atoms with E-state index in [1.807, 2.05) is 0 Å². The summed E-state index contributed by atoms with van der Waals surface area (Å²) in [5, 5.41) is 7.55. The molecule has 1 atom stereocenters. The molecule has 0 saturated carbocycles. The van der Waals surface area contributed by atoms with Crippen molar-refractivity contribution in [1.29, 1.82) is 0 Å². The fourth-order valence-electron chi connectivity index (χ4n) is 0.699. The fraction of sp³-hybridized carbons (Fsp3) is 0.571. The van der Waals surface area contributed by atoms with E-state index in [-0.39, 0.29) is 0 Å². The molecule has 0 bridgehead atoms. The van der Waals surface area contributed by atoms with Crippen LogP contribution in [0.1, 0.15) is 13.3 Å². The summed E-state index contributed by atoms with van der Waals surface area (Å²) in [5.41, 5.74) is 11.5. The van der Waals surface area contributed by atoms with Gasteiger partial charge in [0.05, 0.1) is 5.54 Å². The lowest BCUT2D eigenvalue weighted by Crippen LogP contribution is -2.49. The minimum Gasteiger partial charge on any atom is -0.368 e. The standard InChI is InChI=1S/C7H12N4OS2/c1-7(9,5(8)12)2-3-13-6-11-10-4-14-6/h4H,2-3,9H2,1H3,(H2,8,12). The molecule has 0 aliphatic carbocycles. The first-order chi connectivity index (χ1) is 6.52. The Kier molecular flexibility index (Phi) is 3.85. The van der Waals surface area contributed by atoms with E-state index in [0.717, 1.165) is 4.34 Å². The Hall–Kier alpha value is -0.660. The molecule has 5 nitrogen and oxygen atoms in total. The number of amides is 1. The minimum absolute atomic E-state index is 0.477. The molecular formula is C7H12N4OS2. The van der Waals surface area contributed by atoms with Crippen molar-refractivity contribution in [3.05, 3.63) is 5.51 Å². The summed E-state index contributed by atoms with van der Waals surface area (Å²) >= 11 is 2.99. The summed E-state index contributed by atoms with van der Waals surface area (Å²) in [6.45, 7) is 1.63. The van der Waals surface area contributed by atoms with Crippen LogP contribution in [-0.4, -0.2) is 27.4 Å². The molecule has 0 aliphatic heterocycles. The lowest BCUT2D eigenvalue weighted by atomic mass is 10.0. The van der Waals surface area contributed by atoms with Crippen molar-refractivity contribution in [2.75, 3.05) is 5.75 Å². The van der Waals surface area contributed by atoms with Crippen LogP contribution in [-0.2, 0) is 4.79 Å². The number of nitrogens with two attached hydrogens (primary N) is 2. The number of carbonyl (C=O) groups excluding carboxylic acids is 1. The van der Waals surface area contributed by atoms with Crippen molar-refractivity contribution in [3.63, 3.8) is 0 Å². The quantitative estimate of drug-likeness (QED) is 0.708. The zero-order valence-corrected chi connectivity index (χ0v) is 9.40. The summed E-state index contributed by atoms with van der Waals surface area (Å²) in [6, 6.07) is 0. The van der Waals surface area contributed by atoms with Crippen LogP contribution in [0, 0.1) is 0 Å². The second-order valence-electron chi connectivity index (χ2n) is 3.08. The number of rotatable bonds is 5. The van der Waals surface area contributed by atoms with E-state index in [4.69, 9.17) is 11.5 Å². The van der Waals surface area contributed by atoms with Gasteiger partial charge in [0.15, 0.2) is 4.34 Å². The zero-order chi connectivity index (χ0) is 10.6. The molecule has 7 heteroatoms. The Labute approximate surface area is 90.3 Å². The highest BCUT2D eigenvalue weighted by Crippen LogP contribution is 2.21. The van der Waals surface area contributed by atoms with Gasteiger partial charge in [0, 0.05) is 5.75 Å². The van der Waals surface area contributed by atoms with Crippen molar-refractivity contribution in [3.8, 4) is 0 Å². The van der Waals surface area contributed by atoms with Crippen LogP contribution in [0.4, 0.5) is 0 Å². The summed E-state index contributed by atoms with van der Waals surface area (Å²) < 4.78 is 0.880. The number of nitrogens with zero attached hydrogens (tertiary/aromatic N) is 2. The van der Waals surface area contributed by atoms with Gasteiger partial charge in [0.1, 0.15) is 5.51 Å². The number of carbonyl (C=O) groups is 1. The molecule has 0 fully saturated rings. The molecule has 1 aromatic rings. The molecule has 0 aromatic carbocycles. The molecule has 78 valence electrons. The SMILES string of the molecule is CC(N)(CCSc1nncs1)C(N)=O. The molecule has 1 unspecified atom stereocenters. The lowest BCUT2D eigenvalue weighted by molar-refractivity contribution is -0.122. The Morgan fingerprint density at radius 1 is 1.79 bits per heavy atom. The van der Waals surface area contributed by atoms with Gasteiger partial charge in [-0.25, -0.2) is 0 Å². The maximum absolute atomic E-state index is 10.9. The number of aromatic nitrogens is 2. The second-order valence-corrected chi connectivity index (χ2v) is 5.26. The third kappa shape index (κ3) is 3.24. The number of hydrogen-bond donors (Lipinski definition) is 2. The van der Waals surface area contributed by atoms with Crippen LogP contribution >= 0.6 is 23.1 Å². The second kappa shape index (κ2) is 4.72. The van der Waals surface area contributed by atoms with Gasteiger partial charge in [-0.15, -0.1) is 10.2 Å². The molecule has 4 N–H and O–H groups in total. The van der Waals surface area contributed by atoms with Crippen LogP contribution in [0.2, 0.25) is 0 Å². The Morgan fingerprint density at radius 3 is 3.00 bits per heavy atom. The smallest absolute Gasteiger partial charge is 0.237 e. The normalized spacial score (nSPS) is 15.0. The first-order valence-electron chi connectivity index (χ1n) is 4.00. The van der Waals surface area contributed by atoms with Gasteiger partial charge >= 0.3 is 0 Å². The van der Waals surface area contributed by atoms with Gasteiger partial charge in [0.2, 0.25) is 5.91 Å².